The molecule has 1 amide bonds. The maximum absolute atomic E-state index is 11.3. The summed E-state index contributed by atoms with van der Waals surface area (Å²) in [5.74, 6) is -0.454. The largest absolute Gasteiger partial charge is 0.324 e. The molecule has 2 rings (SSSR count). The van der Waals surface area contributed by atoms with E-state index in [1.54, 1.807) is 0 Å². The predicted molar refractivity (Wildman–Crippen MR) is 64.9 cm³/mol. The molecule has 0 spiro atoms. The molecule has 0 aromatic heterocycles. The second-order valence-electron chi connectivity index (χ2n) is 4.21. The summed E-state index contributed by atoms with van der Waals surface area (Å²) in [5.41, 5.74) is 2.89. The second kappa shape index (κ2) is 3.99. The Balaban J connectivity index is 2.39. The summed E-state index contributed by atoms with van der Waals surface area (Å²) >= 11 is 0. The Morgan fingerprint density at radius 1 is 1.35 bits per heavy atom. The third kappa shape index (κ3) is 2.17. The van der Waals surface area contributed by atoms with Crippen molar-refractivity contribution in [2.24, 2.45) is 0 Å². The number of aryl methyl sites for hydroxylation is 2. The van der Waals surface area contributed by atoms with Crippen LogP contribution in [0, 0.1) is 13.8 Å². The van der Waals surface area contributed by atoms with E-state index in [-0.39, 0.29) is 6.42 Å². The van der Waals surface area contributed by atoms with E-state index in [1.165, 1.54) is 0 Å². The summed E-state index contributed by atoms with van der Waals surface area (Å²) in [7, 11) is 1.25. The molecule has 1 saturated heterocycles. The fraction of sp³-hybridized carbons (Fsp3) is 0.364. The number of amides is 1. The minimum Gasteiger partial charge on any atom is -0.274 e. The molecule has 1 fully saturated rings. The molecule has 1 aromatic carbocycles. The lowest BCUT2D eigenvalue weighted by Crippen LogP contribution is -2.48. The van der Waals surface area contributed by atoms with Gasteiger partial charge in [-0.25, -0.2) is 4.31 Å². The lowest BCUT2D eigenvalue weighted by molar-refractivity contribution is -0.137. The Hall–Kier alpha value is -1.07. The van der Waals surface area contributed by atoms with Crippen molar-refractivity contribution in [3.8, 4) is 0 Å². The van der Waals surface area contributed by atoms with Gasteiger partial charge in [0.2, 0.25) is 5.91 Å². The highest BCUT2D eigenvalue weighted by Crippen LogP contribution is 2.39. The minimum atomic E-state index is -3.98. The molecule has 1 aliphatic heterocycles. The number of halogens is 1. The lowest BCUT2D eigenvalue weighted by atomic mass is 9.92. The quantitative estimate of drug-likeness (QED) is 0.612. The van der Waals surface area contributed by atoms with Crippen molar-refractivity contribution in [3.05, 3.63) is 34.9 Å². The first-order chi connectivity index (χ1) is 7.80. The Labute approximate surface area is 105 Å². The van der Waals surface area contributed by atoms with Crippen LogP contribution in [0.3, 0.4) is 0 Å². The van der Waals surface area contributed by atoms with Gasteiger partial charge in [-0.15, -0.1) is 0 Å². The summed E-state index contributed by atoms with van der Waals surface area (Å²) in [4.78, 5) is 11.3. The maximum atomic E-state index is 11.3. The van der Waals surface area contributed by atoms with Crippen LogP contribution in [0.2, 0.25) is 0 Å². The predicted octanol–water partition coefficient (Wildman–Crippen LogP) is 2.06. The topological polar surface area (TPSA) is 54.5 Å². The van der Waals surface area contributed by atoms with E-state index in [1.807, 2.05) is 32.0 Å². The Morgan fingerprint density at radius 3 is 2.47 bits per heavy atom. The van der Waals surface area contributed by atoms with Gasteiger partial charge >= 0.3 is 9.24 Å². The monoisotopic (exact) mass is 273 g/mol. The zero-order valence-electron chi connectivity index (χ0n) is 9.47. The summed E-state index contributed by atoms with van der Waals surface area (Å²) in [6.45, 7) is 3.85. The number of carbonyl (C=O) groups excluding carboxylic acids is 1. The number of carbonyl (C=O) groups is 1. The highest BCUT2D eigenvalue weighted by Gasteiger charge is 2.44. The second-order valence-corrected chi connectivity index (χ2v) is 6.60. The van der Waals surface area contributed by atoms with Crippen LogP contribution in [0.5, 0.6) is 0 Å². The number of benzene rings is 1. The van der Waals surface area contributed by atoms with Crippen molar-refractivity contribution < 1.29 is 13.2 Å². The van der Waals surface area contributed by atoms with Gasteiger partial charge in [0.05, 0.1) is 12.5 Å². The molecule has 0 saturated carbocycles. The summed E-state index contributed by atoms with van der Waals surface area (Å²) in [5, 5.41) is 0. The molecule has 0 N–H and O–H groups in total. The lowest BCUT2D eigenvalue weighted by Gasteiger charge is -2.38. The van der Waals surface area contributed by atoms with E-state index in [0.717, 1.165) is 21.0 Å². The van der Waals surface area contributed by atoms with Crippen molar-refractivity contribution in [1.82, 2.24) is 4.31 Å². The molecule has 1 atom stereocenters. The van der Waals surface area contributed by atoms with Gasteiger partial charge in [0.25, 0.3) is 0 Å². The van der Waals surface area contributed by atoms with Crippen LogP contribution in [-0.4, -0.2) is 18.6 Å². The molecule has 17 heavy (non-hydrogen) atoms. The smallest absolute Gasteiger partial charge is 0.274 e. The first-order valence-electron chi connectivity index (χ1n) is 5.14. The van der Waals surface area contributed by atoms with Crippen LogP contribution in [0.4, 0.5) is 0 Å². The van der Waals surface area contributed by atoms with Gasteiger partial charge in [0.1, 0.15) is 0 Å². The molecule has 0 radical (unpaired) electrons. The van der Waals surface area contributed by atoms with Gasteiger partial charge in [0, 0.05) is 10.7 Å². The molecular formula is C11H12ClNO3S. The average molecular weight is 274 g/mol. The zero-order chi connectivity index (χ0) is 12.8. The fourth-order valence-electron chi connectivity index (χ4n) is 2.11. The van der Waals surface area contributed by atoms with Crippen LogP contribution in [0.1, 0.15) is 29.2 Å². The van der Waals surface area contributed by atoms with E-state index in [2.05, 4.69) is 0 Å². The highest BCUT2D eigenvalue weighted by molar-refractivity contribution is 8.12. The molecular weight excluding hydrogens is 262 g/mol. The van der Waals surface area contributed by atoms with E-state index in [9.17, 15) is 13.2 Å². The number of rotatable bonds is 2. The Kier molecular flexibility index (Phi) is 2.91. The average Bonchev–Trinajstić information content (AvgIpc) is 2.12. The molecule has 1 heterocycles. The van der Waals surface area contributed by atoms with Crippen LogP contribution in [0.25, 0.3) is 0 Å². The van der Waals surface area contributed by atoms with Crippen LogP contribution in [-0.2, 0) is 14.0 Å². The number of hydrogen-bond acceptors (Lipinski definition) is 3. The first-order valence-corrected chi connectivity index (χ1v) is 7.41. The molecule has 4 nitrogen and oxygen atoms in total. The number of nitrogens with zero attached hydrogens (tertiary/aromatic N) is 1. The van der Waals surface area contributed by atoms with Gasteiger partial charge in [-0.3, -0.25) is 4.79 Å². The van der Waals surface area contributed by atoms with Crippen molar-refractivity contribution in [3.63, 3.8) is 0 Å². The van der Waals surface area contributed by atoms with Crippen LogP contribution >= 0.6 is 10.7 Å². The normalized spacial score (nSPS) is 20.3. The molecule has 6 heteroatoms. The Morgan fingerprint density at radius 2 is 2.00 bits per heavy atom. The first kappa shape index (κ1) is 12.4. The van der Waals surface area contributed by atoms with Gasteiger partial charge < -0.3 is 0 Å². The molecule has 0 bridgehead atoms. The van der Waals surface area contributed by atoms with E-state index < -0.39 is 21.2 Å². The van der Waals surface area contributed by atoms with E-state index in [0.29, 0.717) is 0 Å². The highest BCUT2D eigenvalue weighted by atomic mass is 35.7. The number of β-lactam (4-membered cyclic amide) rings is 1. The fourth-order valence-corrected chi connectivity index (χ4v) is 3.44. The van der Waals surface area contributed by atoms with Gasteiger partial charge in [-0.1, -0.05) is 23.8 Å². The SMILES string of the molecule is Cc1ccc(C2CC(=O)N2S(=O)(=O)Cl)c(C)c1. The van der Waals surface area contributed by atoms with Crippen LogP contribution in [0.15, 0.2) is 18.2 Å². The van der Waals surface area contributed by atoms with Crippen molar-refractivity contribution in [2.75, 3.05) is 0 Å². The standard InChI is InChI=1S/C11H12ClNO3S/c1-7-3-4-9(8(2)5-7)10-6-11(14)13(10)17(12,15)16/h3-5,10H,6H2,1-2H3. The molecule has 1 aliphatic rings. The molecule has 0 aliphatic carbocycles. The maximum Gasteiger partial charge on any atom is 0.324 e. The molecule has 1 aromatic rings. The molecule has 1 unspecified atom stereocenters. The third-order valence-electron chi connectivity index (χ3n) is 2.92. The van der Waals surface area contributed by atoms with Crippen molar-refractivity contribution >= 4 is 25.8 Å². The summed E-state index contributed by atoms with van der Waals surface area (Å²) in [6, 6.07) is 5.24. The van der Waals surface area contributed by atoms with Gasteiger partial charge in [-0.05, 0) is 25.0 Å². The van der Waals surface area contributed by atoms with Crippen molar-refractivity contribution in [2.45, 2.75) is 26.3 Å². The zero-order valence-corrected chi connectivity index (χ0v) is 11.0. The molecule has 92 valence electrons. The Bertz CT molecular complexity index is 582. The third-order valence-corrected chi connectivity index (χ3v) is 4.29. The minimum absolute atomic E-state index is 0.190. The van der Waals surface area contributed by atoms with E-state index in [4.69, 9.17) is 10.7 Å². The summed E-state index contributed by atoms with van der Waals surface area (Å²) < 4.78 is 23.3. The van der Waals surface area contributed by atoms with E-state index >= 15 is 0 Å². The number of hydrogen-bond donors (Lipinski definition) is 0. The van der Waals surface area contributed by atoms with Gasteiger partial charge in [0.15, 0.2) is 0 Å². The van der Waals surface area contributed by atoms with Gasteiger partial charge in [-0.2, -0.15) is 8.42 Å². The summed E-state index contributed by atoms with van der Waals surface area (Å²) in [6.07, 6.45) is 0.190. The van der Waals surface area contributed by atoms with Crippen molar-refractivity contribution in [1.29, 1.82) is 0 Å². The van der Waals surface area contributed by atoms with Crippen LogP contribution < -0.4 is 0 Å².